The highest BCUT2D eigenvalue weighted by atomic mass is 32.2. The number of amides is 1. The van der Waals surface area contributed by atoms with E-state index in [2.05, 4.69) is 10.0 Å². The molecule has 1 amide bonds. The standard InChI is InChI=1S/C15H24N2O4S/c1-12(2)17-22(19,20)14-7-4-13(5-8-14)6-9-15(18)16-10-11-21-3/h4-5,7-8,12,17H,6,9-11H2,1-3H3,(H,16,18). The first-order valence-electron chi connectivity index (χ1n) is 7.22. The Bertz CT molecular complexity index is 568. The van der Waals surface area contributed by atoms with E-state index in [4.69, 9.17) is 4.74 Å². The molecule has 2 N–H and O–H groups in total. The molecule has 1 rings (SSSR count). The van der Waals surface area contributed by atoms with Gasteiger partial charge >= 0.3 is 0 Å². The molecule has 0 saturated carbocycles. The average Bonchev–Trinajstić information content (AvgIpc) is 2.44. The van der Waals surface area contributed by atoms with Gasteiger partial charge in [-0.25, -0.2) is 13.1 Å². The van der Waals surface area contributed by atoms with Gasteiger partial charge in [0.1, 0.15) is 0 Å². The smallest absolute Gasteiger partial charge is 0.240 e. The Morgan fingerprint density at radius 3 is 2.41 bits per heavy atom. The summed E-state index contributed by atoms with van der Waals surface area (Å²) in [6.07, 6.45) is 0.927. The van der Waals surface area contributed by atoms with E-state index in [1.54, 1.807) is 45.2 Å². The minimum atomic E-state index is -3.47. The topological polar surface area (TPSA) is 84.5 Å². The lowest BCUT2D eigenvalue weighted by Crippen LogP contribution is -2.30. The van der Waals surface area contributed by atoms with Crippen LogP contribution in [0.2, 0.25) is 0 Å². The number of methoxy groups -OCH3 is 1. The normalized spacial score (nSPS) is 11.6. The minimum absolute atomic E-state index is 0.0461. The number of carbonyl (C=O) groups is 1. The number of sulfonamides is 1. The molecule has 0 fully saturated rings. The maximum Gasteiger partial charge on any atom is 0.240 e. The summed E-state index contributed by atoms with van der Waals surface area (Å²) in [5.74, 6) is -0.0461. The fourth-order valence-electron chi connectivity index (χ4n) is 1.85. The Balaban J connectivity index is 2.53. The third kappa shape index (κ3) is 6.55. The van der Waals surface area contributed by atoms with E-state index in [0.29, 0.717) is 26.0 Å². The van der Waals surface area contributed by atoms with E-state index in [9.17, 15) is 13.2 Å². The van der Waals surface area contributed by atoms with Crippen molar-refractivity contribution in [3.63, 3.8) is 0 Å². The van der Waals surface area contributed by atoms with Crippen molar-refractivity contribution in [3.05, 3.63) is 29.8 Å². The van der Waals surface area contributed by atoms with Gasteiger partial charge in [-0.2, -0.15) is 0 Å². The summed E-state index contributed by atoms with van der Waals surface area (Å²) in [6.45, 7) is 4.52. The van der Waals surface area contributed by atoms with E-state index in [0.717, 1.165) is 5.56 Å². The van der Waals surface area contributed by atoms with Crippen LogP contribution in [-0.2, 0) is 26.0 Å². The first-order valence-corrected chi connectivity index (χ1v) is 8.70. The first kappa shape index (κ1) is 18.6. The summed E-state index contributed by atoms with van der Waals surface area (Å²) in [7, 11) is -1.89. The zero-order valence-electron chi connectivity index (χ0n) is 13.3. The number of carbonyl (C=O) groups excluding carboxylic acids is 1. The largest absolute Gasteiger partial charge is 0.383 e. The van der Waals surface area contributed by atoms with Crippen molar-refractivity contribution in [2.24, 2.45) is 0 Å². The first-order chi connectivity index (χ1) is 10.3. The SMILES string of the molecule is COCCNC(=O)CCc1ccc(S(=O)(=O)NC(C)C)cc1. The molecule has 124 valence electrons. The molecule has 0 atom stereocenters. The summed E-state index contributed by atoms with van der Waals surface area (Å²) in [5, 5.41) is 2.74. The number of nitrogens with one attached hydrogen (secondary N) is 2. The van der Waals surface area contributed by atoms with Crippen LogP contribution in [0, 0.1) is 0 Å². The summed E-state index contributed by atoms with van der Waals surface area (Å²) < 4.78 is 31.3. The molecule has 0 heterocycles. The maximum atomic E-state index is 12.0. The van der Waals surface area contributed by atoms with Crippen LogP contribution in [0.15, 0.2) is 29.2 Å². The molecule has 0 aliphatic rings. The lowest BCUT2D eigenvalue weighted by molar-refractivity contribution is -0.121. The van der Waals surface area contributed by atoms with E-state index in [1.807, 2.05) is 0 Å². The van der Waals surface area contributed by atoms with Gasteiger partial charge in [0.15, 0.2) is 0 Å². The van der Waals surface area contributed by atoms with E-state index in [-0.39, 0.29) is 16.8 Å². The minimum Gasteiger partial charge on any atom is -0.383 e. The number of benzene rings is 1. The monoisotopic (exact) mass is 328 g/mol. The van der Waals surface area contributed by atoms with E-state index >= 15 is 0 Å². The molecule has 1 aromatic rings. The van der Waals surface area contributed by atoms with Crippen molar-refractivity contribution in [1.29, 1.82) is 0 Å². The molecule has 7 heteroatoms. The van der Waals surface area contributed by atoms with Crippen LogP contribution in [-0.4, -0.2) is 40.6 Å². The summed E-state index contributed by atoms with van der Waals surface area (Å²) in [5.41, 5.74) is 0.922. The number of hydrogen-bond donors (Lipinski definition) is 2. The lowest BCUT2D eigenvalue weighted by Gasteiger charge is -2.10. The van der Waals surface area contributed by atoms with Crippen LogP contribution in [0.3, 0.4) is 0 Å². The van der Waals surface area contributed by atoms with Crippen LogP contribution in [0.25, 0.3) is 0 Å². The van der Waals surface area contributed by atoms with Gasteiger partial charge in [-0.1, -0.05) is 12.1 Å². The predicted molar refractivity (Wildman–Crippen MR) is 85.1 cm³/mol. The molecule has 0 saturated heterocycles. The highest BCUT2D eigenvalue weighted by Crippen LogP contribution is 2.12. The number of hydrogen-bond acceptors (Lipinski definition) is 4. The fourth-order valence-corrected chi connectivity index (χ4v) is 3.10. The van der Waals surface area contributed by atoms with Crippen LogP contribution < -0.4 is 10.0 Å². The molecule has 0 bridgehead atoms. The molecule has 0 aromatic heterocycles. The van der Waals surface area contributed by atoms with Gasteiger partial charge in [-0.15, -0.1) is 0 Å². The van der Waals surface area contributed by atoms with Gasteiger partial charge in [0.2, 0.25) is 15.9 Å². The number of aryl methyl sites for hydroxylation is 1. The molecule has 0 unspecified atom stereocenters. The van der Waals surface area contributed by atoms with Crippen LogP contribution >= 0.6 is 0 Å². The Morgan fingerprint density at radius 2 is 1.86 bits per heavy atom. The Labute approximate surface area is 132 Å². The zero-order valence-corrected chi connectivity index (χ0v) is 14.1. The molecule has 0 spiro atoms. The number of rotatable bonds is 9. The zero-order chi connectivity index (χ0) is 16.6. The Morgan fingerprint density at radius 1 is 1.23 bits per heavy atom. The van der Waals surface area contributed by atoms with Crippen molar-refractivity contribution < 1.29 is 17.9 Å². The van der Waals surface area contributed by atoms with Crippen molar-refractivity contribution in [2.75, 3.05) is 20.3 Å². The third-order valence-corrected chi connectivity index (χ3v) is 4.57. The Kier molecular flexibility index (Phi) is 7.50. The fraction of sp³-hybridized carbons (Fsp3) is 0.533. The molecule has 6 nitrogen and oxygen atoms in total. The predicted octanol–water partition coefficient (Wildman–Crippen LogP) is 1.07. The maximum absolute atomic E-state index is 12.0. The van der Waals surface area contributed by atoms with Crippen LogP contribution in [0.5, 0.6) is 0 Å². The van der Waals surface area contributed by atoms with Crippen molar-refractivity contribution in [1.82, 2.24) is 10.0 Å². The lowest BCUT2D eigenvalue weighted by atomic mass is 10.1. The van der Waals surface area contributed by atoms with Crippen LogP contribution in [0.1, 0.15) is 25.8 Å². The second-order valence-electron chi connectivity index (χ2n) is 5.26. The van der Waals surface area contributed by atoms with Gasteiger partial charge in [0.25, 0.3) is 0 Å². The van der Waals surface area contributed by atoms with Crippen molar-refractivity contribution in [3.8, 4) is 0 Å². The highest BCUT2D eigenvalue weighted by molar-refractivity contribution is 7.89. The molecule has 0 radical (unpaired) electrons. The van der Waals surface area contributed by atoms with Gasteiger partial charge in [-0.3, -0.25) is 4.79 Å². The third-order valence-electron chi connectivity index (χ3n) is 2.89. The molecule has 0 aliphatic carbocycles. The van der Waals surface area contributed by atoms with E-state index < -0.39 is 10.0 Å². The van der Waals surface area contributed by atoms with Gasteiger partial charge in [0.05, 0.1) is 11.5 Å². The summed E-state index contributed by atoms with van der Waals surface area (Å²) in [4.78, 5) is 11.8. The molecule has 0 aliphatic heterocycles. The van der Waals surface area contributed by atoms with Crippen LogP contribution in [0.4, 0.5) is 0 Å². The van der Waals surface area contributed by atoms with Gasteiger partial charge < -0.3 is 10.1 Å². The van der Waals surface area contributed by atoms with Gasteiger partial charge in [0, 0.05) is 26.1 Å². The number of ether oxygens (including phenoxy) is 1. The second-order valence-corrected chi connectivity index (χ2v) is 6.98. The van der Waals surface area contributed by atoms with Crippen molar-refractivity contribution in [2.45, 2.75) is 37.6 Å². The quantitative estimate of drug-likeness (QED) is 0.664. The molecular formula is C15H24N2O4S. The van der Waals surface area contributed by atoms with Gasteiger partial charge in [-0.05, 0) is 38.0 Å². The molecular weight excluding hydrogens is 304 g/mol. The molecule has 1 aromatic carbocycles. The summed E-state index contributed by atoms with van der Waals surface area (Å²) in [6, 6.07) is 6.43. The average molecular weight is 328 g/mol. The summed E-state index contributed by atoms with van der Waals surface area (Å²) >= 11 is 0. The Hall–Kier alpha value is -1.44. The highest BCUT2D eigenvalue weighted by Gasteiger charge is 2.14. The second kappa shape index (κ2) is 8.87. The molecule has 22 heavy (non-hydrogen) atoms. The van der Waals surface area contributed by atoms with Crippen molar-refractivity contribution >= 4 is 15.9 Å². The van der Waals surface area contributed by atoms with E-state index in [1.165, 1.54) is 0 Å².